The largest absolute Gasteiger partial charge is 0.382 e. The van der Waals surface area contributed by atoms with E-state index in [9.17, 15) is 0 Å². The molecule has 0 aliphatic carbocycles. The third kappa shape index (κ3) is 5.19. The van der Waals surface area contributed by atoms with Crippen molar-refractivity contribution in [1.29, 1.82) is 0 Å². The maximum atomic E-state index is 3.57. The molecule has 0 aliphatic rings. The normalized spacial score (nSPS) is 14.4. The van der Waals surface area contributed by atoms with E-state index in [4.69, 9.17) is 0 Å². The van der Waals surface area contributed by atoms with Gasteiger partial charge in [-0.3, -0.25) is 0 Å². The smallest absolute Gasteiger partial charge is 0.0342 e. The summed E-state index contributed by atoms with van der Waals surface area (Å²) in [6.45, 7) is 4.62. The number of hydrogen-bond donors (Lipinski definition) is 1. The van der Waals surface area contributed by atoms with Crippen molar-refractivity contribution in [3.8, 4) is 0 Å². The summed E-state index contributed by atoms with van der Waals surface area (Å²) in [6, 6.07) is 11.0. The molecule has 0 heterocycles. The minimum atomic E-state index is 0.552. The van der Waals surface area contributed by atoms with E-state index in [-0.39, 0.29) is 0 Å². The first kappa shape index (κ1) is 13.8. The molecule has 0 bridgehead atoms. The van der Waals surface area contributed by atoms with Gasteiger partial charge in [-0.2, -0.15) is 0 Å². The highest BCUT2D eigenvalue weighted by Gasteiger charge is 2.11. The van der Waals surface area contributed by atoms with Crippen LogP contribution < -0.4 is 5.32 Å². The van der Waals surface area contributed by atoms with Gasteiger partial charge in [0.05, 0.1) is 0 Å². The van der Waals surface area contributed by atoms with Crippen molar-refractivity contribution < 1.29 is 0 Å². The highest BCUT2D eigenvalue weighted by molar-refractivity contribution is 14.1. The molecule has 0 saturated carbocycles. The lowest BCUT2D eigenvalue weighted by molar-refractivity contribution is 0.456. The second kappa shape index (κ2) is 7.93. The summed E-state index contributed by atoms with van der Waals surface area (Å²) in [7, 11) is 0. The number of benzene rings is 1. The predicted molar refractivity (Wildman–Crippen MR) is 81.4 cm³/mol. The summed E-state index contributed by atoms with van der Waals surface area (Å²) in [5, 5.41) is 3.57. The lowest BCUT2D eigenvalue weighted by atomic mass is 9.97. The molecule has 0 spiro atoms. The van der Waals surface area contributed by atoms with E-state index in [2.05, 4.69) is 72.1 Å². The van der Waals surface area contributed by atoms with E-state index in [1.807, 2.05) is 0 Å². The van der Waals surface area contributed by atoms with Gasteiger partial charge < -0.3 is 5.32 Å². The maximum Gasteiger partial charge on any atom is 0.0342 e. The fourth-order valence-corrected chi connectivity index (χ4v) is 2.29. The monoisotopic (exact) mass is 331 g/mol. The number of nitrogens with one attached hydrogen (secondary N) is 1. The molecule has 1 rings (SSSR count). The van der Waals surface area contributed by atoms with Crippen LogP contribution in [0.5, 0.6) is 0 Å². The minimum Gasteiger partial charge on any atom is -0.382 e. The topological polar surface area (TPSA) is 12.0 Å². The molecule has 0 unspecified atom stereocenters. The Labute approximate surface area is 113 Å². The number of rotatable bonds is 7. The van der Waals surface area contributed by atoms with Crippen LogP contribution in [0.1, 0.15) is 33.1 Å². The van der Waals surface area contributed by atoms with Crippen LogP contribution in [0.3, 0.4) is 0 Å². The Morgan fingerprint density at radius 2 is 1.81 bits per heavy atom. The molecule has 1 nitrogen and oxygen atoms in total. The van der Waals surface area contributed by atoms with Crippen molar-refractivity contribution in [1.82, 2.24) is 0 Å². The standard InChI is InChI=1S/C14H22IN/c1-12(8-6-7-11-15)13(2)16-14-9-4-3-5-10-14/h3-5,9-10,12-13,16H,6-8,11H2,1-2H3/t12-,13-/m1/s1. The Bertz CT molecular complexity index is 273. The van der Waals surface area contributed by atoms with Gasteiger partial charge in [0.25, 0.3) is 0 Å². The number of para-hydroxylation sites is 1. The van der Waals surface area contributed by atoms with E-state index in [0.29, 0.717) is 6.04 Å². The number of halogens is 1. The number of anilines is 1. The predicted octanol–water partition coefficient (Wildman–Crippen LogP) is 4.73. The third-order valence-electron chi connectivity index (χ3n) is 3.06. The SMILES string of the molecule is C[C@H](CCCCI)[C@@H](C)Nc1ccccc1. The minimum absolute atomic E-state index is 0.552. The van der Waals surface area contributed by atoms with Gasteiger partial charge in [0, 0.05) is 11.7 Å². The van der Waals surface area contributed by atoms with E-state index in [1.54, 1.807) is 0 Å². The quantitative estimate of drug-likeness (QED) is 0.433. The molecule has 1 N–H and O–H groups in total. The van der Waals surface area contributed by atoms with Gasteiger partial charge in [0.15, 0.2) is 0 Å². The van der Waals surface area contributed by atoms with Gasteiger partial charge in [0.1, 0.15) is 0 Å². The van der Waals surface area contributed by atoms with Crippen LogP contribution >= 0.6 is 22.6 Å². The summed E-state index contributed by atoms with van der Waals surface area (Å²) in [4.78, 5) is 0. The van der Waals surface area contributed by atoms with Crippen LogP contribution in [0.15, 0.2) is 30.3 Å². The zero-order chi connectivity index (χ0) is 11.8. The Hall–Kier alpha value is -0.250. The summed E-state index contributed by atoms with van der Waals surface area (Å²) in [5.41, 5.74) is 1.23. The van der Waals surface area contributed by atoms with Crippen LogP contribution in [0.2, 0.25) is 0 Å². The van der Waals surface area contributed by atoms with Crippen molar-refractivity contribution in [2.24, 2.45) is 5.92 Å². The van der Waals surface area contributed by atoms with Crippen LogP contribution in [0.4, 0.5) is 5.69 Å². The van der Waals surface area contributed by atoms with Crippen molar-refractivity contribution in [2.75, 3.05) is 9.74 Å². The molecular formula is C14H22IN. The van der Waals surface area contributed by atoms with E-state index >= 15 is 0 Å². The van der Waals surface area contributed by atoms with Gasteiger partial charge in [-0.15, -0.1) is 0 Å². The van der Waals surface area contributed by atoms with Crippen LogP contribution in [-0.2, 0) is 0 Å². The maximum absolute atomic E-state index is 3.57. The molecule has 0 fully saturated rings. The molecule has 1 aromatic carbocycles. The second-order valence-corrected chi connectivity index (χ2v) is 5.54. The van der Waals surface area contributed by atoms with Crippen LogP contribution in [0, 0.1) is 5.92 Å². The van der Waals surface area contributed by atoms with Crippen molar-refractivity contribution in [3.63, 3.8) is 0 Å². The fourth-order valence-electron chi connectivity index (χ4n) is 1.75. The highest BCUT2D eigenvalue weighted by atomic mass is 127. The van der Waals surface area contributed by atoms with Gasteiger partial charge in [-0.05, 0) is 42.2 Å². The molecule has 0 saturated heterocycles. The average Bonchev–Trinajstić information content (AvgIpc) is 2.30. The lowest BCUT2D eigenvalue weighted by Gasteiger charge is -2.22. The molecular weight excluding hydrogens is 309 g/mol. The molecule has 0 radical (unpaired) electrons. The Morgan fingerprint density at radius 3 is 2.44 bits per heavy atom. The summed E-state index contributed by atoms with van der Waals surface area (Å²) in [5.74, 6) is 0.739. The first-order valence-electron chi connectivity index (χ1n) is 6.11. The molecule has 0 aliphatic heterocycles. The molecule has 16 heavy (non-hydrogen) atoms. The Kier molecular flexibility index (Phi) is 6.85. The molecule has 2 heteroatoms. The van der Waals surface area contributed by atoms with Crippen LogP contribution in [-0.4, -0.2) is 10.5 Å². The summed E-state index contributed by atoms with van der Waals surface area (Å²) < 4.78 is 1.28. The number of hydrogen-bond acceptors (Lipinski definition) is 1. The van der Waals surface area contributed by atoms with Crippen molar-refractivity contribution in [3.05, 3.63) is 30.3 Å². The summed E-state index contributed by atoms with van der Waals surface area (Å²) in [6.07, 6.45) is 4.03. The second-order valence-electron chi connectivity index (χ2n) is 4.46. The fraction of sp³-hybridized carbons (Fsp3) is 0.571. The molecule has 0 amide bonds. The van der Waals surface area contributed by atoms with Crippen molar-refractivity contribution in [2.45, 2.75) is 39.2 Å². The molecule has 0 aromatic heterocycles. The Balaban J connectivity index is 2.31. The van der Waals surface area contributed by atoms with E-state index in [1.165, 1.54) is 29.4 Å². The number of alkyl halides is 1. The van der Waals surface area contributed by atoms with E-state index in [0.717, 1.165) is 5.92 Å². The van der Waals surface area contributed by atoms with Gasteiger partial charge in [0.2, 0.25) is 0 Å². The average molecular weight is 331 g/mol. The first-order chi connectivity index (χ1) is 7.74. The first-order valence-corrected chi connectivity index (χ1v) is 7.64. The molecule has 1 aromatic rings. The van der Waals surface area contributed by atoms with Gasteiger partial charge >= 0.3 is 0 Å². The zero-order valence-corrected chi connectivity index (χ0v) is 12.4. The highest BCUT2D eigenvalue weighted by Crippen LogP contribution is 2.17. The number of unbranched alkanes of at least 4 members (excludes halogenated alkanes) is 1. The van der Waals surface area contributed by atoms with E-state index < -0.39 is 0 Å². The molecule has 2 atom stereocenters. The third-order valence-corrected chi connectivity index (χ3v) is 3.83. The van der Waals surface area contributed by atoms with Crippen LogP contribution in [0.25, 0.3) is 0 Å². The molecule has 90 valence electrons. The summed E-state index contributed by atoms with van der Waals surface area (Å²) >= 11 is 2.45. The van der Waals surface area contributed by atoms with Crippen molar-refractivity contribution >= 4 is 28.3 Å². The zero-order valence-electron chi connectivity index (χ0n) is 10.2. The van der Waals surface area contributed by atoms with Gasteiger partial charge in [-0.25, -0.2) is 0 Å². The van der Waals surface area contributed by atoms with Gasteiger partial charge in [-0.1, -0.05) is 54.1 Å². The Morgan fingerprint density at radius 1 is 1.12 bits per heavy atom. The lowest BCUT2D eigenvalue weighted by Crippen LogP contribution is -2.23.